The highest BCUT2D eigenvalue weighted by atomic mass is 16.5. The van der Waals surface area contributed by atoms with Gasteiger partial charge in [-0.05, 0) is 26.0 Å². The summed E-state index contributed by atoms with van der Waals surface area (Å²) in [6.45, 7) is 3.63. The van der Waals surface area contributed by atoms with E-state index >= 15 is 0 Å². The maximum absolute atomic E-state index is 11.4. The summed E-state index contributed by atoms with van der Waals surface area (Å²) >= 11 is 0. The van der Waals surface area contributed by atoms with E-state index < -0.39 is 11.6 Å². The van der Waals surface area contributed by atoms with E-state index in [1.54, 1.807) is 12.2 Å². The Hall–Kier alpha value is -2.17. The molecule has 5 heteroatoms. The summed E-state index contributed by atoms with van der Waals surface area (Å²) in [6, 6.07) is 1.13. The molecule has 0 aliphatic carbocycles. The number of fused-ring (bicyclic) bond motifs is 1. The van der Waals surface area contributed by atoms with Crippen LogP contribution < -0.4 is 4.74 Å². The molecule has 2 N–H and O–H groups in total. The molecular weight excluding hydrogens is 236 g/mol. The minimum atomic E-state index is -0.719. The Bertz CT molecular complexity index is 543. The molecule has 0 radical (unpaired) electrons. The van der Waals surface area contributed by atoms with Gasteiger partial charge in [-0.1, -0.05) is 0 Å². The van der Waals surface area contributed by atoms with Crippen LogP contribution in [0, 0.1) is 0 Å². The average molecular weight is 250 g/mol. The quantitative estimate of drug-likeness (QED) is 0.589. The highest BCUT2D eigenvalue weighted by Crippen LogP contribution is 2.44. The van der Waals surface area contributed by atoms with Crippen molar-refractivity contribution < 1.29 is 24.5 Å². The third-order valence-electron chi connectivity index (χ3n) is 2.69. The van der Waals surface area contributed by atoms with Crippen molar-refractivity contribution in [2.45, 2.75) is 19.4 Å². The van der Waals surface area contributed by atoms with Gasteiger partial charge in [-0.3, -0.25) is 0 Å². The number of methoxy groups -OCH3 is 1. The zero-order valence-corrected chi connectivity index (χ0v) is 10.4. The lowest BCUT2D eigenvalue weighted by atomic mass is 9.99. The maximum atomic E-state index is 11.4. The molecule has 1 aromatic carbocycles. The number of phenols is 2. The first-order valence-corrected chi connectivity index (χ1v) is 5.41. The Labute approximate surface area is 104 Å². The normalized spacial score (nSPS) is 15.7. The number of rotatable bonds is 1. The standard InChI is InChI=1S/C13H14O5/c1-13(2)5-4-7-10(15)8(12(16)17-3)6-9(14)11(7)18-13/h4-6,14-15H,1-3H3. The molecule has 1 aliphatic rings. The molecular formula is C13H14O5. The van der Waals surface area contributed by atoms with Crippen molar-refractivity contribution in [1.29, 1.82) is 0 Å². The van der Waals surface area contributed by atoms with Gasteiger partial charge in [0.1, 0.15) is 16.9 Å². The van der Waals surface area contributed by atoms with E-state index in [4.69, 9.17) is 4.74 Å². The molecule has 0 atom stereocenters. The molecule has 0 saturated carbocycles. The molecule has 18 heavy (non-hydrogen) atoms. The molecule has 2 rings (SSSR count). The lowest BCUT2D eigenvalue weighted by molar-refractivity contribution is 0.0596. The molecule has 5 nitrogen and oxygen atoms in total. The zero-order chi connectivity index (χ0) is 13.5. The summed E-state index contributed by atoms with van der Waals surface area (Å²) in [5.41, 5.74) is -0.402. The molecule has 1 aliphatic heterocycles. The maximum Gasteiger partial charge on any atom is 0.341 e. The number of hydrogen-bond acceptors (Lipinski definition) is 5. The second kappa shape index (κ2) is 3.94. The fourth-order valence-electron chi connectivity index (χ4n) is 1.77. The molecule has 1 heterocycles. The van der Waals surface area contributed by atoms with Gasteiger partial charge in [0.05, 0.1) is 12.7 Å². The molecule has 0 bridgehead atoms. The molecule has 0 spiro atoms. The number of ether oxygens (including phenoxy) is 2. The molecule has 0 aromatic heterocycles. The number of carbonyl (C=O) groups excluding carboxylic acids is 1. The van der Waals surface area contributed by atoms with Crippen LogP contribution in [0.1, 0.15) is 29.8 Å². The van der Waals surface area contributed by atoms with Crippen LogP contribution >= 0.6 is 0 Å². The van der Waals surface area contributed by atoms with E-state index in [-0.39, 0.29) is 28.4 Å². The highest BCUT2D eigenvalue weighted by molar-refractivity contribution is 5.95. The lowest BCUT2D eigenvalue weighted by Gasteiger charge is -2.28. The summed E-state index contributed by atoms with van der Waals surface area (Å²) in [5, 5.41) is 19.8. The van der Waals surface area contributed by atoms with Crippen molar-refractivity contribution in [1.82, 2.24) is 0 Å². The van der Waals surface area contributed by atoms with Crippen LogP contribution in [0.5, 0.6) is 17.2 Å². The average Bonchev–Trinajstić information content (AvgIpc) is 2.31. The van der Waals surface area contributed by atoms with Gasteiger partial charge in [0.25, 0.3) is 0 Å². The van der Waals surface area contributed by atoms with Crippen LogP contribution in [0.2, 0.25) is 0 Å². The molecule has 96 valence electrons. The monoisotopic (exact) mass is 250 g/mol. The second-order valence-electron chi connectivity index (χ2n) is 4.57. The number of hydrogen-bond donors (Lipinski definition) is 2. The smallest absolute Gasteiger partial charge is 0.341 e. The van der Waals surface area contributed by atoms with Crippen LogP contribution in [0.25, 0.3) is 6.08 Å². The Morgan fingerprint density at radius 2 is 2.06 bits per heavy atom. The van der Waals surface area contributed by atoms with E-state index in [1.807, 2.05) is 13.8 Å². The van der Waals surface area contributed by atoms with Crippen LogP contribution in [0.4, 0.5) is 0 Å². The number of phenolic OH excluding ortho intramolecular Hbond substituents is 2. The minimum Gasteiger partial charge on any atom is -0.506 e. The van der Waals surface area contributed by atoms with Crippen LogP contribution in [0.15, 0.2) is 12.1 Å². The van der Waals surface area contributed by atoms with Gasteiger partial charge >= 0.3 is 5.97 Å². The predicted molar refractivity (Wildman–Crippen MR) is 64.9 cm³/mol. The molecule has 0 fully saturated rings. The van der Waals surface area contributed by atoms with E-state index in [1.165, 1.54) is 7.11 Å². The Balaban J connectivity index is 2.62. The fraction of sp³-hybridized carbons (Fsp3) is 0.308. The van der Waals surface area contributed by atoms with E-state index in [0.29, 0.717) is 0 Å². The molecule has 1 aromatic rings. The number of carbonyl (C=O) groups is 1. The summed E-state index contributed by atoms with van der Waals surface area (Å²) in [7, 11) is 1.20. The zero-order valence-electron chi connectivity index (χ0n) is 10.4. The number of aromatic hydroxyl groups is 2. The van der Waals surface area contributed by atoms with Gasteiger partial charge in [-0.25, -0.2) is 4.79 Å². The molecule has 0 amide bonds. The van der Waals surface area contributed by atoms with E-state index in [2.05, 4.69) is 4.74 Å². The lowest BCUT2D eigenvalue weighted by Crippen LogP contribution is -2.27. The van der Waals surface area contributed by atoms with Crippen molar-refractivity contribution in [3.05, 3.63) is 23.3 Å². The van der Waals surface area contributed by atoms with Gasteiger partial charge in [0, 0.05) is 6.07 Å². The second-order valence-corrected chi connectivity index (χ2v) is 4.57. The largest absolute Gasteiger partial charge is 0.506 e. The van der Waals surface area contributed by atoms with Gasteiger partial charge in [0.15, 0.2) is 11.5 Å². The van der Waals surface area contributed by atoms with Gasteiger partial charge in [-0.15, -0.1) is 0 Å². The fourth-order valence-corrected chi connectivity index (χ4v) is 1.77. The summed E-state index contributed by atoms with van der Waals surface area (Å²) in [4.78, 5) is 11.4. The van der Waals surface area contributed by atoms with Gasteiger partial charge in [0.2, 0.25) is 0 Å². The first kappa shape index (κ1) is 12.3. The predicted octanol–water partition coefficient (Wildman–Crippen LogP) is 2.07. The van der Waals surface area contributed by atoms with Crippen LogP contribution in [0.3, 0.4) is 0 Å². The van der Waals surface area contributed by atoms with Crippen molar-refractivity contribution in [3.8, 4) is 17.2 Å². The highest BCUT2D eigenvalue weighted by Gasteiger charge is 2.29. The number of benzene rings is 1. The topological polar surface area (TPSA) is 76.0 Å². The van der Waals surface area contributed by atoms with Crippen LogP contribution in [-0.4, -0.2) is 28.9 Å². The molecule has 0 saturated heterocycles. The Morgan fingerprint density at radius 3 is 2.67 bits per heavy atom. The van der Waals surface area contributed by atoms with Crippen molar-refractivity contribution >= 4 is 12.0 Å². The van der Waals surface area contributed by atoms with Crippen LogP contribution in [-0.2, 0) is 4.74 Å². The number of esters is 1. The van der Waals surface area contributed by atoms with E-state index in [0.717, 1.165) is 6.07 Å². The Kier molecular flexibility index (Phi) is 2.69. The van der Waals surface area contributed by atoms with Crippen molar-refractivity contribution in [3.63, 3.8) is 0 Å². The summed E-state index contributed by atoms with van der Waals surface area (Å²) in [5.74, 6) is -1.03. The van der Waals surface area contributed by atoms with E-state index in [9.17, 15) is 15.0 Å². The first-order valence-electron chi connectivity index (χ1n) is 5.41. The first-order chi connectivity index (χ1) is 8.35. The summed E-state index contributed by atoms with van der Waals surface area (Å²) < 4.78 is 10.1. The third-order valence-corrected chi connectivity index (χ3v) is 2.69. The minimum absolute atomic E-state index is 0.0956. The summed E-state index contributed by atoms with van der Waals surface area (Å²) in [6.07, 6.45) is 3.34. The van der Waals surface area contributed by atoms with Gasteiger partial charge in [-0.2, -0.15) is 0 Å². The SMILES string of the molecule is COC(=O)c1cc(O)c2c(c1O)C=CC(C)(C)O2. The third kappa shape index (κ3) is 1.88. The van der Waals surface area contributed by atoms with Crippen molar-refractivity contribution in [2.75, 3.05) is 7.11 Å². The Morgan fingerprint density at radius 1 is 1.39 bits per heavy atom. The van der Waals surface area contributed by atoms with Crippen molar-refractivity contribution in [2.24, 2.45) is 0 Å². The van der Waals surface area contributed by atoms with Gasteiger partial charge < -0.3 is 19.7 Å². The molecule has 0 unspecified atom stereocenters.